The molecule has 0 radical (unpaired) electrons. The number of carboxylic acid groups (broad SMARTS) is 1. The zero-order valence-corrected chi connectivity index (χ0v) is 10.9. The first-order valence-corrected chi connectivity index (χ1v) is 5.87. The number of para-hydroxylation sites is 1. The number of carboxylic acids is 1. The molecule has 0 saturated carbocycles. The highest BCUT2D eigenvalue weighted by molar-refractivity contribution is 9.10. The van der Waals surface area contributed by atoms with Crippen LogP contribution >= 0.6 is 15.9 Å². The van der Waals surface area contributed by atoms with E-state index < -0.39 is 17.7 Å². The number of nitrogens with one attached hydrogen (secondary N) is 1. The molecule has 0 bridgehead atoms. The molecular formula is C12H7BrFNO4. The lowest BCUT2D eigenvalue weighted by atomic mass is 10.3. The van der Waals surface area contributed by atoms with Crippen LogP contribution in [0.2, 0.25) is 0 Å². The van der Waals surface area contributed by atoms with E-state index in [1.165, 1.54) is 18.2 Å². The summed E-state index contributed by atoms with van der Waals surface area (Å²) in [4.78, 5) is 22.4. The maximum absolute atomic E-state index is 13.5. The fourth-order valence-corrected chi connectivity index (χ4v) is 1.81. The van der Waals surface area contributed by atoms with Crippen molar-refractivity contribution in [1.29, 1.82) is 0 Å². The SMILES string of the molecule is O=C(O)c1ccc(C(=O)Nc2c(F)cccc2Br)o1. The van der Waals surface area contributed by atoms with Crippen LogP contribution in [0.5, 0.6) is 0 Å². The second-order valence-electron chi connectivity index (χ2n) is 3.52. The second kappa shape index (κ2) is 5.23. The Morgan fingerprint density at radius 3 is 2.47 bits per heavy atom. The Morgan fingerprint density at radius 1 is 1.21 bits per heavy atom. The van der Waals surface area contributed by atoms with E-state index in [2.05, 4.69) is 21.2 Å². The van der Waals surface area contributed by atoms with Gasteiger partial charge in [-0.15, -0.1) is 0 Å². The summed E-state index contributed by atoms with van der Waals surface area (Å²) in [6, 6.07) is 6.57. The van der Waals surface area contributed by atoms with Gasteiger partial charge in [0, 0.05) is 4.47 Å². The number of furan rings is 1. The Bertz CT molecular complexity index is 633. The lowest BCUT2D eigenvalue weighted by Crippen LogP contribution is -2.12. The number of benzene rings is 1. The summed E-state index contributed by atoms with van der Waals surface area (Å²) in [6.07, 6.45) is 0. The molecule has 98 valence electrons. The summed E-state index contributed by atoms with van der Waals surface area (Å²) in [7, 11) is 0. The molecule has 5 nitrogen and oxygen atoms in total. The summed E-state index contributed by atoms with van der Waals surface area (Å²) >= 11 is 3.10. The van der Waals surface area contributed by atoms with E-state index in [-0.39, 0.29) is 17.2 Å². The highest BCUT2D eigenvalue weighted by atomic mass is 79.9. The van der Waals surface area contributed by atoms with Crippen molar-refractivity contribution in [1.82, 2.24) is 0 Å². The number of rotatable bonds is 3. The lowest BCUT2D eigenvalue weighted by Gasteiger charge is -2.06. The zero-order valence-electron chi connectivity index (χ0n) is 9.31. The molecule has 0 unspecified atom stereocenters. The molecule has 1 aromatic carbocycles. The molecule has 0 aliphatic heterocycles. The third-order valence-electron chi connectivity index (χ3n) is 2.24. The van der Waals surface area contributed by atoms with Gasteiger partial charge in [-0.25, -0.2) is 9.18 Å². The third kappa shape index (κ3) is 2.82. The summed E-state index contributed by atoms with van der Waals surface area (Å²) < 4.78 is 18.7. The van der Waals surface area contributed by atoms with Gasteiger partial charge < -0.3 is 14.8 Å². The fraction of sp³-hybridized carbons (Fsp3) is 0. The fourth-order valence-electron chi connectivity index (χ4n) is 1.37. The van der Waals surface area contributed by atoms with Crippen LogP contribution in [0, 0.1) is 5.82 Å². The number of anilines is 1. The topological polar surface area (TPSA) is 79.5 Å². The Kier molecular flexibility index (Phi) is 3.66. The van der Waals surface area contributed by atoms with Gasteiger partial charge in [0.1, 0.15) is 5.82 Å². The third-order valence-corrected chi connectivity index (χ3v) is 2.90. The second-order valence-corrected chi connectivity index (χ2v) is 4.37. The molecule has 0 fully saturated rings. The van der Waals surface area contributed by atoms with Crippen molar-refractivity contribution in [2.45, 2.75) is 0 Å². The predicted octanol–water partition coefficient (Wildman–Crippen LogP) is 3.13. The normalized spacial score (nSPS) is 10.2. The van der Waals surface area contributed by atoms with Crippen LogP contribution in [0.25, 0.3) is 0 Å². The summed E-state index contributed by atoms with van der Waals surface area (Å²) in [5, 5.41) is 11.0. The highest BCUT2D eigenvalue weighted by Gasteiger charge is 2.17. The van der Waals surface area contributed by atoms with Crippen LogP contribution in [0.4, 0.5) is 10.1 Å². The van der Waals surface area contributed by atoms with E-state index in [9.17, 15) is 14.0 Å². The Hall–Kier alpha value is -2.15. The minimum absolute atomic E-state index is 0.0409. The highest BCUT2D eigenvalue weighted by Crippen LogP contribution is 2.25. The standard InChI is InChI=1S/C12H7BrFNO4/c13-6-2-1-3-7(14)10(6)15-11(16)8-4-5-9(19-8)12(17)18/h1-5H,(H,15,16)(H,17,18). The van der Waals surface area contributed by atoms with E-state index in [0.29, 0.717) is 4.47 Å². The maximum atomic E-state index is 13.5. The number of carbonyl (C=O) groups is 2. The van der Waals surface area contributed by atoms with Crippen molar-refractivity contribution in [2.75, 3.05) is 5.32 Å². The number of halogens is 2. The monoisotopic (exact) mass is 327 g/mol. The van der Waals surface area contributed by atoms with Gasteiger partial charge in [-0.2, -0.15) is 0 Å². The van der Waals surface area contributed by atoms with Gasteiger partial charge >= 0.3 is 5.97 Å². The minimum atomic E-state index is -1.29. The average molecular weight is 328 g/mol. The van der Waals surface area contributed by atoms with Crippen LogP contribution in [0.15, 0.2) is 39.2 Å². The first kappa shape index (κ1) is 13.3. The Balaban J connectivity index is 2.23. The largest absolute Gasteiger partial charge is 0.475 e. The number of hydrogen-bond acceptors (Lipinski definition) is 3. The van der Waals surface area contributed by atoms with E-state index >= 15 is 0 Å². The van der Waals surface area contributed by atoms with E-state index in [4.69, 9.17) is 9.52 Å². The molecule has 0 aliphatic rings. The molecule has 2 aromatic rings. The molecule has 1 aromatic heterocycles. The number of aromatic carboxylic acids is 1. The van der Waals surface area contributed by atoms with Crippen molar-refractivity contribution in [2.24, 2.45) is 0 Å². The van der Waals surface area contributed by atoms with Crippen molar-refractivity contribution >= 4 is 33.5 Å². The first-order chi connectivity index (χ1) is 8.99. The molecule has 2 rings (SSSR count). The van der Waals surface area contributed by atoms with Crippen molar-refractivity contribution in [3.05, 3.63) is 52.1 Å². The van der Waals surface area contributed by atoms with Gasteiger partial charge in [0.25, 0.3) is 5.91 Å². The van der Waals surface area contributed by atoms with Crippen LogP contribution in [0.1, 0.15) is 21.1 Å². The van der Waals surface area contributed by atoms with Crippen LogP contribution in [0.3, 0.4) is 0 Å². The number of hydrogen-bond donors (Lipinski definition) is 2. The molecule has 0 atom stereocenters. The smallest absolute Gasteiger partial charge is 0.371 e. The lowest BCUT2D eigenvalue weighted by molar-refractivity contribution is 0.0660. The first-order valence-electron chi connectivity index (χ1n) is 5.07. The van der Waals surface area contributed by atoms with Crippen molar-refractivity contribution in [3.63, 3.8) is 0 Å². The van der Waals surface area contributed by atoms with E-state index in [1.54, 1.807) is 6.07 Å². The Morgan fingerprint density at radius 2 is 1.89 bits per heavy atom. The molecule has 2 N–H and O–H groups in total. The van der Waals surface area contributed by atoms with Gasteiger partial charge in [-0.05, 0) is 40.2 Å². The van der Waals surface area contributed by atoms with Crippen LogP contribution in [-0.2, 0) is 0 Å². The van der Waals surface area contributed by atoms with E-state index in [1.807, 2.05) is 0 Å². The molecule has 7 heteroatoms. The zero-order chi connectivity index (χ0) is 14.0. The molecular weight excluding hydrogens is 321 g/mol. The van der Waals surface area contributed by atoms with Crippen LogP contribution < -0.4 is 5.32 Å². The van der Waals surface area contributed by atoms with Gasteiger partial charge in [-0.1, -0.05) is 6.07 Å². The Labute approximate surface area is 115 Å². The molecule has 1 heterocycles. The molecule has 0 saturated heterocycles. The summed E-state index contributed by atoms with van der Waals surface area (Å²) in [5.41, 5.74) is -0.0409. The predicted molar refractivity (Wildman–Crippen MR) is 67.7 cm³/mol. The summed E-state index contributed by atoms with van der Waals surface area (Å²) in [5.74, 6) is -3.22. The van der Waals surface area contributed by atoms with Gasteiger partial charge in [0.15, 0.2) is 5.76 Å². The number of amides is 1. The molecule has 1 amide bonds. The van der Waals surface area contributed by atoms with Gasteiger partial charge in [-0.3, -0.25) is 4.79 Å². The van der Waals surface area contributed by atoms with Crippen molar-refractivity contribution < 1.29 is 23.5 Å². The van der Waals surface area contributed by atoms with Gasteiger partial charge in [0.05, 0.1) is 5.69 Å². The van der Waals surface area contributed by atoms with E-state index in [0.717, 1.165) is 6.07 Å². The summed E-state index contributed by atoms with van der Waals surface area (Å²) in [6.45, 7) is 0. The van der Waals surface area contributed by atoms with Crippen molar-refractivity contribution in [3.8, 4) is 0 Å². The quantitative estimate of drug-likeness (QED) is 0.907. The molecule has 0 spiro atoms. The minimum Gasteiger partial charge on any atom is -0.475 e. The average Bonchev–Trinajstić information content (AvgIpc) is 2.83. The maximum Gasteiger partial charge on any atom is 0.371 e. The van der Waals surface area contributed by atoms with Crippen LogP contribution in [-0.4, -0.2) is 17.0 Å². The molecule has 19 heavy (non-hydrogen) atoms. The molecule has 0 aliphatic carbocycles. The number of carbonyl (C=O) groups excluding carboxylic acids is 1. The van der Waals surface area contributed by atoms with Gasteiger partial charge in [0.2, 0.25) is 5.76 Å².